The van der Waals surface area contributed by atoms with Crippen molar-refractivity contribution in [3.8, 4) is 0 Å². The zero-order chi connectivity index (χ0) is 13.4. The second-order valence-corrected chi connectivity index (χ2v) is 5.48. The minimum absolute atomic E-state index is 0.0959. The first-order valence-electron chi connectivity index (χ1n) is 6.84. The summed E-state index contributed by atoms with van der Waals surface area (Å²) in [7, 11) is 0. The Bertz CT molecular complexity index is 552. The van der Waals surface area contributed by atoms with Crippen LogP contribution in [0.1, 0.15) is 42.1 Å². The number of aromatic nitrogens is 1. The average molecular weight is 262 g/mol. The van der Waals surface area contributed by atoms with Crippen LogP contribution in [-0.4, -0.2) is 39.7 Å². The van der Waals surface area contributed by atoms with Gasteiger partial charge in [-0.3, -0.25) is 4.79 Å². The highest BCUT2D eigenvalue weighted by atomic mass is 16.4. The number of hydrogen-bond donors (Lipinski definition) is 1. The Kier molecular flexibility index (Phi) is 3.14. The number of pyridine rings is 1. The molecule has 2 aliphatic rings. The van der Waals surface area contributed by atoms with E-state index < -0.39 is 5.97 Å². The molecule has 3 heterocycles. The predicted octanol–water partition coefficient (Wildman–Crippen LogP) is 1.35. The number of rotatable bonds is 2. The predicted molar refractivity (Wildman–Crippen MR) is 70.5 cm³/mol. The SMILES string of the molecule is O=C(O)c1ccc(=O)n(C2CCN3CCCC3C2)c1. The number of carbonyl (C=O) groups is 1. The van der Waals surface area contributed by atoms with Crippen LogP contribution in [0.15, 0.2) is 23.1 Å². The normalized spacial score (nSPS) is 27.2. The summed E-state index contributed by atoms with van der Waals surface area (Å²) in [5.41, 5.74) is 0.0925. The molecule has 0 bridgehead atoms. The molecular formula is C14H18N2O3. The number of hydrogen-bond acceptors (Lipinski definition) is 3. The molecule has 102 valence electrons. The van der Waals surface area contributed by atoms with E-state index in [1.165, 1.54) is 37.7 Å². The van der Waals surface area contributed by atoms with Gasteiger partial charge in [-0.25, -0.2) is 4.79 Å². The Morgan fingerprint density at radius 3 is 2.84 bits per heavy atom. The highest BCUT2D eigenvalue weighted by molar-refractivity contribution is 5.87. The lowest BCUT2D eigenvalue weighted by Gasteiger charge is -2.35. The van der Waals surface area contributed by atoms with Gasteiger partial charge in [-0.05, 0) is 38.3 Å². The fraction of sp³-hybridized carbons (Fsp3) is 0.571. The Balaban J connectivity index is 1.87. The van der Waals surface area contributed by atoms with E-state index >= 15 is 0 Å². The third kappa shape index (κ3) is 2.30. The second-order valence-electron chi connectivity index (χ2n) is 5.48. The number of carboxylic acids is 1. The maximum absolute atomic E-state index is 11.9. The van der Waals surface area contributed by atoms with Crippen LogP contribution in [0.4, 0.5) is 0 Å². The van der Waals surface area contributed by atoms with Crippen LogP contribution in [0, 0.1) is 0 Å². The molecule has 2 unspecified atom stereocenters. The molecule has 2 fully saturated rings. The molecule has 5 heteroatoms. The third-order valence-corrected chi connectivity index (χ3v) is 4.37. The number of nitrogens with zero attached hydrogens (tertiary/aromatic N) is 2. The monoisotopic (exact) mass is 262 g/mol. The summed E-state index contributed by atoms with van der Waals surface area (Å²) in [5, 5.41) is 9.03. The van der Waals surface area contributed by atoms with Crippen LogP contribution in [0.25, 0.3) is 0 Å². The van der Waals surface area contributed by atoms with Gasteiger partial charge in [0.1, 0.15) is 0 Å². The molecule has 0 spiro atoms. The van der Waals surface area contributed by atoms with E-state index in [9.17, 15) is 9.59 Å². The summed E-state index contributed by atoms with van der Waals surface area (Å²) >= 11 is 0. The van der Waals surface area contributed by atoms with Gasteiger partial charge in [-0.15, -0.1) is 0 Å². The fourth-order valence-corrected chi connectivity index (χ4v) is 3.37. The molecule has 2 saturated heterocycles. The van der Waals surface area contributed by atoms with Gasteiger partial charge >= 0.3 is 5.97 Å². The van der Waals surface area contributed by atoms with Crippen molar-refractivity contribution in [2.75, 3.05) is 13.1 Å². The molecule has 0 aliphatic carbocycles. The van der Waals surface area contributed by atoms with E-state index in [-0.39, 0.29) is 17.2 Å². The molecule has 1 aromatic rings. The maximum Gasteiger partial charge on any atom is 0.337 e. The number of carboxylic acid groups (broad SMARTS) is 1. The smallest absolute Gasteiger partial charge is 0.337 e. The molecule has 0 aromatic carbocycles. The van der Waals surface area contributed by atoms with Crippen molar-refractivity contribution in [2.45, 2.75) is 37.8 Å². The zero-order valence-corrected chi connectivity index (χ0v) is 10.8. The molecule has 0 radical (unpaired) electrons. The molecule has 0 amide bonds. The standard InChI is InChI=1S/C14H18N2O3/c17-13-4-3-10(14(18)19)9-16(13)12-5-7-15-6-1-2-11(15)8-12/h3-4,9,11-12H,1-2,5-8H2,(H,18,19). The summed E-state index contributed by atoms with van der Waals surface area (Å²) in [4.78, 5) is 25.4. The summed E-state index contributed by atoms with van der Waals surface area (Å²) in [5.74, 6) is -0.980. The van der Waals surface area contributed by atoms with Crippen LogP contribution >= 0.6 is 0 Å². The summed E-state index contributed by atoms with van der Waals surface area (Å²) < 4.78 is 1.62. The second kappa shape index (κ2) is 4.81. The van der Waals surface area contributed by atoms with E-state index in [2.05, 4.69) is 4.90 Å². The third-order valence-electron chi connectivity index (χ3n) is 4.37. The van der Waals surface area contributed by atoms with E-state index in [0.717, 1.165) is 19.4 Å². The molecule has 2 aliphatic heterocycles. The van der Waals surface area contributed by atoms with Crippen molar-refractivity contribution < 1.29 is 9.90 Å². The van der Waals surface area contributed by atoms with Crippen LogP contribution in [0.5, 0.6) is 0 Å². The van der Waals surface area contributed by atoms with Gasteiger partial charge in [0.25, 0.3) is 5.56 Å². The van der Waals surface area contributed by atoms with Crippen LogP contribution < -0.4 is 5.56 Å². The minimum Gasteiger partial charge on any atom is -0.478 e. The lowest BCUT2D eigenvalue weighted by Crippen LogP contribution is -2.40. The van der Waals surface area contributed by atoms with Crippen molar-refractivity contribution in [3.05, 3.63) is 34.2 Å². The summed E-state index contributed by atoms with van der Waals surface area (Å²) in [6.07, 6.45) is 5.83. The largest absolute Gasteiger partial charge is 0.478 e. The van der Waals surface area contributed by atoms with E-state index in [0.29, 0.717) is 6.04 Å². The molecule has 0 saturated carbocycles. The molecule has 2 atom stereocenters. The quantitative estimate of drug-likeness (QED) is 0.873. The van der Waals surface area contributed by atoms with Crippen molar-refractivity contribution in [1.29, 1.82) is 0 Å². The summed E-state index contributed by atoms with van der Waals surface area (Å²) in [6, 6.07) is 3.46. The first kappa shape index (κ1) is 12.4. The molecule has 5 nitrogen and oxygen atoms in total. The van der Waals surface area contributed by atoms with Crippen molar-refractivity contribution in [1.82, 2.24) is 9.47 Å². The Labute approximate surface area is 111 Å². The highest BCUT2D eigenvalue weighted by Gasteiger charge is 2.32. The first-order valence-corrected chi connectivity index (χ1v) is 6.84. The Morgan fingerprint density at radius 2 is 2.05 bits per heavy atom. The summed E-state index contributed by atoms with van der Waals surface area (Å²) in [6.45, 7) is 2.18. The first-order chi connectivity index (χ1) is 9.15. The van der Waals surface area contributed by atoms with Gasteiger partial charge in [0, 0.05) is 30.9 Å². The number of piperidine rings is 1. The van der Waals surface area contributed by atoms with Gasteiger partial charge in [-0.2, -0.15) is 0 Å². The van der Waals surface area contributed by atoms with Gasteiger partial charge in [0.15, 0.2) is 0 Å². The Hall–Kier alpha value is -1.62. The van der Waals surface area contributed by atoms with E-state index in [1.807, 2.05) is 0 Å². The van der Waals surface area contributed by atoms with Crippen molar-refractivity contribution >= 4 is 5.97 Å². The number of aromatic carboxylic acids is 1. The van der Waals surface area contributed by atoms with E-state index in [1.54, 1.807) is 4.57 Å². The zero-order valence-electron chi connectivity index (χ0n) is 10.8. The lowest BCUT2D eigenvalue weighted by molar-refractivity contribution is 0.0695. The topological polar surface area (TPSA) is 62.5 Å². The van der Waals surface area contributed by atoms with Crippen molar-refractivity contribution in [3.63, 3.8) is 0 Å². The maximum atomic E-state index is 11.9. The van der Waals surface area contributed by atoms with Gasteiger partial charge in [-0.1, -0.05) is 0 Å². The molecule has 1 aromatic heterocycles. The average Bonchev–Trinajstić information content (AvgIpc) is 2.86. The van der Waals surface area contributed by atoms with Crippen LogP contribution in [0.2, 0.25) is 0 Å². The number of fused-ring (bicyclic) bond motifs is 1. The van der Waals surface area contributed by atoms with Gasteiger partial charge in [0.2, 0.25) is 0 Å². The lowest BCUT2D eigenvalue weighted by atomic mass is 9.97. The highest BCUT2D eigenvalue weighted by Crippen LogP contribution is 2.32. The minimum atomic E-state index is -0.980. The van der Waals surface area contributed by atoms with Crippen LogP contribution in [-0.2, 0) is 0 Å². The molecular weight excluding hydrogens is 244 g/mol. The molecule has 19 heavy (non-hydrogen) atoms. The van der Waals surface area contributed by atoms with Crippen LogP contribution in [0.3, 0.4) is 0 Å². The Morgan fingerprint density at radius 1 is 1.21 bits per heavy atom. The molecule has 3 rings (SSSR count). The molecule has 1 N–H and O–H groups in total. The van der Waals surface area contributed by atoms with Gasteiger partial charge < -0.3 is 14.6 Å². The van der Waals surface area contributed by atoms with Gasteiger partial charge in [0.05, 0.1) is 5.56 Å². The van der Waals surface area contributed by atoms with E-state index in [4.69, 9.17) is 5.11 Å². The fourth-order valence-electron chi connectivity index (χ4n) is 3.37. The van der Waals surface area contributed by atoms with Crippen molar-refractivity contribution in [2.24, 2.45) is 0 Å².